The minimum atomic E-state index is 0.570. The molecule has 0 unspecified atom stereocenters. The van der Waals surface area contributed by atoms with Crippen LogP contribution in [0.15, 0.2) is 18.2 Å². The Bertz CT molecular complexity index is 399. The number of ether oxygens (including phenoxy) is 3. The Labute approximate surface area is 129 Å². The Morgan fingerprint density at radius 3 is 2.24 bits per heavy atom. The lowest BCUT2D eigenvalue weighted by Gasteiger charge is -2.16. The van der Waals surface area contributed by atoms with Gasteiger partial charge in [0.25, 0.3) is 0 Å². The predicted octanol–water partition coefficient (Wildman–Crippen LogP) is 4.68. The van der Waals surface area contributed by atoms with Gasteiger partial charge in [-0.3, -0.25) is 0 Å². The van der Waals surface area contributed by atoms with Gasteiger partial charge in [-0.1, -0.05) is 39.8 Å². The fourth-order valence-corrected chi connectivity index (χ4v) is 1.90. The van der Waals surface area contributed by atoms with E-state index in [-0.39, 0.29) is 0 Å². The summed E-state index contributed by atoms with van der Waals surface area (Å²) in [5, 5.41) is 0. The minimum Gasteiger partial charge on any atom is -0.493 e. The third kappa shape index (κ3) is 6.85. The quantitative estimate of drug-likeness (QED) is 0.586. The van der Waals surface area contributed by atoms with Gasteiger partial charge in [0.15, 0.2) is 11.5 Å². The van der Waals surface area contributed by atoms with E-state index >= 15 is 0 Å². The van der Waals surface area contributed by atoms with Crippen LogP contribution in [-0.2, 0) is 11.3 Å². The molecule has 0 bridgehead atoms. The summed E-state index contributed by atoms with van der Waals surface area (Å²) in [5.41, 5.74) is 1.06. The standard InChI is InChI=1S/C18H30O3/c1-14(2)9-11-20-13-16-7-6-8-17(19-5)18(16)21-12-10-15(3)4/h6-8,14-15H,9-13H2,1-5H3. The molecule has 1 aromatic rings. The summed E-state index contributed by atoms with van der Waals surface area (Å²) in [6.07, 6.45) is 2.11. The van der Waals surface area contributed by atoms with Gasteiger partial charge in [-0.25, -0.2) is 0 Å². The van der Waals surface area contributed by atoms with E-state index in [4.69, 9.17) is 14.2 Å². The molecule has 0 saturated heterocycles. The molecule has 21 heavy (non-hydrogen) atoms. The van der Waals surface area contributed by atoms with Crippen LogP contribution in [0, 0.1) is 11.8 Å². The summed E-state index contributed by atoms with van der Waals surface area (Å²) in [7, 11) is 1.67. The number of benzene rings is 1. The molecule has 0 aromatic heterocycles. The Kier molecular flexibility index (Phi) is 8.21. The van der Waals surface area contributed by atoms with Gasteiger partial charge in [0.2, 0.25) is 0 Å². The van der Waals surface area contributed by atoms with Crippen LogP contribution in [0.1, 0.15) is 46.1 Å². The molecular formula is C18H30O3. The molecule has 0 aliphatic heterocycles. The fourth-order valence-electron chi connectivity index (χ4n) is 1.90. The lowest BCUT2D eigenvalue weighted by Crippen LogP contribution is -2.06. The summed E-state index contributed by atoms with van der Waals surface area (Å²) in [4.78, 5) is 0. The summed E-state index contributed by atoms with van der Waals surface area (Å²) >= 11 is 0. The molecule has 0 N–H and O–H groups in total. The topological polar surface area (TPSA) is 27.7 Å². The van der Waals surface area contributed by atoms with Gasteiger partial charge in [-0.2, -0.15) is 0 Å². The highest BCUT2D eigenvalue weighted by Gasteiger charge is 2.11. The normalized spacial score (nSPS) is 11.2. The second-order valence-corrected chi connectivity index (χ2v) is 6.21. The molecule has 1 aromatic carbocycles. The zero-order chi connectivity index (χ0) is 15.7. The van der Waals surface area contributed by atoms with Crippen molar-refractivity contribution in [3.8, 4) is 11.5 Å². The van der Waals surface area contributed by atoms with E-state index in [9.17, 15) is 0 Å². The SMILES string of the molecule is COc1cccc(COCCC(C)C)c1OCCC(C)C. The fraction of sp³-hybridized carbons (Fsp3) is 0.667. The molecule has 0 amide bonds. The molecular weight excluding hydrogens is 264 g/mol. The van der Waals surface area contributed by atoms with E-state index in [0.29, 0.717) is 25.0 Å². The Hall–Kier alpha value is -1.22. The molecule has 0 aliphatic carbocycles. The number of para-hydroxylation sites is 1. The predicted molar refractivity (Wildman–Crippen MR) is 87.1 cm³/mol. The van der Waals surface area contributed by atoms with Crippen LogP contribution in [0.5, 0.6) is 11.5 Å². The summed E-state index contributed by atoms with van der Waals surface area (Å²) in [5.74, 6) is 2.90. The van der Waals surface area contributed by atoms with Crippen LogP contribution in [0.2, 0.25) is 0 Å². The van der Waals surface area contributed by atoms with Crippen molar-refractivity contribution < 1.29 is 14.2 Å². The molecule has 0 aliphatic rings. The second-order valence-electron chi connectivity index (χ2n) is 6.21. The minimum absolute atomic E-state index is 0.570. The van der Waals surface area contributed by atoms with E-state index < -0.39 is 0 Å². The molecule has 1 rings (SSSR count). The maximum atomic E-state index is 5.94. The van der Waals surface area contributed by atoms with Gasteiger partial charge in [0.05, 0.1) is 20.3 Å². The van der Waals surface area contributed by atoms with E-state index in [1.54, 1.807) is 7.11 Å². The van der Waals surface area contributed by atoms with Crippen molar-refractivity contribution in [1.82, 2.24) is 0 Å². The zero-order valence-electron chi connectivity index (χ0n) is 14.1. The van der Waals surface area contributed by atoms with Crippen LogP contribution in [0.25, 0.3) is 0 Å². The van der Waals surface area contributed by atoms with Crippen molar-refractivity contribution in [3.63, 3.8) is 0 Å². The first-order valence-electron chi connectivity index (χ1n) is 7.91. The number of methoxy groups -OCH3 is 1. The van der Waals surface area contributed by atoms with Gasteiger partial charge in [-0.15, -0.1) is 0 Å². The van der Waals surface area contributed by atoms with E-state index in [2.05, 4.69) is 27.7 Å². The van der Waals surface area contributed by atoms with Gasteiger partial charge in [0.1, 0.15) is 0 Å². The van der Waals surface area contributed by atoms with Crippen LogP contribution in [-0.4, -0.2) is 20.3 Å². The van der Waals surface area contributed by atoms with E-state index in [1.807, 2.05) is 18.2 Å². The van der Waals surface area contributed by atoms with Gasteiger partial charge in [-0.05, 0) is 30.7 Å². The van der Waals surface area contributed by atoms with Gasteiger partial charge in [0, 0.05) is 12.2 Å². The van der Waals surface area contributed by atoms with Crippen molar-refractivity contribution in [2.45, 2.75) is 47.1 Å². The van der Waals surface area contributed by atoms with Crippen LogP contribution < -0.4 is 9.47 Å². The Morgan fingerprint density at radius 2 is 1.62 bits per heavy atom. The van der Waals surface area contributed by atoms with Gasteiger partial charge < -0.3 is 14.2 Å². The zero-order valence-corrected chi connectivity index (χ0v) is 14.1. The maximum absolute atomic E-state index is 5.94. The van der Waals surface area contributed by atoms with Crippen LogP contribution >= 0.6 is 0 Å². The lowest BCUT2D eigenvalue weighted by molar-refractivity contribution is 0.108. The average molecular weight is 294 g/mol. The third-order valence-electron chi connectivity index (χ3n) is 3.32. The maximum Gasteiger partial charge on any atom is 0.166 e. The van der Waals surface area contributed by atoms with Crippen LogP contribution in [0.3, 0.4) is 0 Å². The molecule has 0 atom stereocenters. The van der Waals surface area contributed by atoms with Crippen molar-refractivity contribution >= 4 is 0 Å². The molecule has 0 radical (unpaired) electrons. The highest BCUT2D eigenvalue weighted by molar-refractivity contribution is 5.46. The third-order valence-corrected chi connectivity index (χ3v) is 3.32. The molecule has 3 nitrogen and oxygen atoms in total. The first-order chi connectivity index (χ1) is 10.0. The monoisotopic (exact) mass is 294 g/mol. The summed E-state index contributed by atoms with van der Waals surface area (Å²) in [6, 6.07) is 5.96. The summed E-state index contributed by atoms with van der Waals surface area (Å²) in [6.45, 7) is 10.9. The van der Waals surface area contributed by atoms with Crippen molar-refractivity contribution in [1.29, 1.82) is 0 Å². The van der Waals surface area contributed by atoms with Crippen molar-refractivity contribution in [2.24, 2.45) is 11.8 Å². The Morgan fingerprint density at radius 1 is 0.952 bits per heavy atom. The molecule has 120 valence electrons. The molecule has 0 spiro atoms. The second kappa shape index (κ2) is 9.67. The summed E-state index contributed by atoms with van der Waals surface area (Å²) < 4.78 is 17.1. The van der Waals surface area contributed by atoms with Crippen molar-refractivity contribution in [2.75, 3.05) is 20.3 Å². The largest absolute Gasteiger partial charge is 0.493 e. The number of rotatable bonds is 10. The molecule has 0 saturated carbocycles. The highest BCUT2D eigenvalue weighted by Crippen LogP contribution is 2.32. The Balaban J connectivity index is 2.63. The van der Waals surface area contributed by atoms with Gasteiger partial charge >= 0.3 is 0 Å². The lowest BCUT2D eigenvalue weighted by atomic mass is 10.1. The first kappa shape index (κ1) is 17.8. The smallest absolute Gasteiger partial charge is 0.166 e. The number of hydrogen-bond acceptors (Lipinski definition) is 3. The molecule has 0 heterocycles. The highest BCUT2D eigenvalue weighted by atomic mass is 16.5. The van der Waals surface area contributed by atoms with E-state index in [1.165, 1.54) is 0 Å². The molecule has 3 heteroatoms. The van der Waals surface area contributed by atoms with Crippen LogP contribution in [0.4, 0.5) is 0 Å². The average Bonchev–Trinajstić information content (AvgIpc) is 2.44. The first-order valence-corrected chi connectivity index (χ1v) is 7.91. The number of hydrogen-bond donors (Lipinski definition) is 0. The molecule has 0 fully saturated rings. The van der Waals surface area contributed by atoms with E-state index in [0.717, 1.165) is 36.5 Å². The van der Waals surface area contributed by atoms with Crippen molar-refractivity contribution in [3.05, 3.63) is 23.8 Å².